The third-order valence-corrected chi connectivity index (χ3v) is 3.45. The second-order valence-electron chi connectivity index (χ2n) is 4.42. The van der Waals surface area contributed by atoms with Crippen molar-refractivity contribution in [1.82, 2.24) is 15.0 Å². The monoisotopic (exact) mass is 194 g/mol. The highest BCUT2D eigenvalue weighted by molar-refractivity contribution is 5.13. The standard InChI is InChI=1S/C10H18N4/c1-3-8-4-5-10(11,6-8)9-7-12-13-14(9)2/h7-8H,3-6,11H2,1-2H3. The Morgan fingerprint density at radius 3 is 3.00 bits per heavy atom. The van der Waals surface area contributed by atoms with Gasteiger partial charge < -0.3 is 5.73 Å². The molecule has 0 spiro atoms. The predicted molar refractivity (Wildman–Crippen MR) is 54.5 cm³/mol. The molecular formula is C10H18N4. The van der Waals surface area contributed by atoms with Crippen molar-refractivity contribution in [3.8, 4) is 0 Å². The fourth-order valence-electron chi connectivity index (χ4n) is 2.50. The summed E-state index contributed by atoms with van der Waals surface area (Å²) in [5.74, 6) is 0.773. The van der Waals surface area contributed by atoms with Gasteiger partial charge in [-0.2, -0.15) is 0 Å². The topological polar surface area (TPSA) is 56.7 Å². The maximum atomic E-state index is 6.39. The molecule has 0 aromatic carbocycles. The van der Waals surface area contributed by atoms with E-state index in [4.69, 9.17) is 5.73 Å². The molecule has 4 nitrogen and oxygen atoms in total. The van der Waals surface area contributed by atoms with Gasteiger partial charge in [0, 0.05) is 7.05 Å². The average Bonchev–Trinajstić information content (AvgIpc) is 2.73. The van der Waals surface area contributed by atoms with Crippen molar-refractivity contribution in [2.45, 2.75) is 38.1 Å². The van der Waals surface area contributed by atoms with Gasteiger partial charge >= 0.3 is 0 Å². The zero-order valence-electron chi connectivity index (χ0n) is 8.90. The lowest BCUT2D eigenvalue weighted by molar-refractivity contribution is 0.396. The van der Waals surface area contributed by atoms with Crippen molar-refractivity contribution in [1.29, 1.82) is 0 Å². The van der Waals surface area contributed by atoms with Crippen LogP contribution in [0.5, 0.6) is 0 Å². The summed E-state index contributed by atoms with van der Waals surface area (Å²) in [6, 6.07) is 0. The zero-order valence-corrected chi connectivity index (χ0v) is 8.90. The third-order valence-electron chi connectivity index (χ3n) is 3.45. The van der Waals surface area contributed by atoms with Crippen molar-refractivity contribution in [3.63, 3.8) is 0 Å². The Morgan fingerprint density at radius 2 is 2.50 bits per heavy atom. The number of hydrogen-bond acceptors (Lipinski definition) is 3. The molecule has 2 N–H and O–H groups in total. The lowest BCUT2D eigenvalue weighted by Gasteiger charge is -2.23. The summed E-state index contributed by atoms with van der Waals surface area (Å²) in [5.41, 5.74) is 7.29. The lowest BCUT2D eigenvalue weighted by Crippen LogP contribution is -2.35. The van der Waals surface area contributed by atoms with E-state index in [1.54, 1.807) is 10.9 Å². The number of rotatable bonds is 2. The van der Waals surface area contributed by atoms with Gasteiger partial charge in [0.05, 0.1) is 17.4 Å². The van der Waals surface area contributed by atoms with E-state index < -0.39 is 0 Å². The van der Waals surface area contributed by atoms with E-state index >= 15 is 0 Å². The largest absolute Gasteiger partial charge is 0.320 e. The van der Waals surface area contributed by atoms with Crippen molar-refractivity contribution >= 4 is 0 Å². The summed E-state index contributed by atoms with van der Waals surface area (Å²) >= 11 is 0. The summed E-state index contributed by atoms with van der Waals surface area (Å²) in [4.78, 5) is 0. The molecule has 0 aliphatic heterocycles. The lowest BCUT2D eigenvalue weighted by atomic mass is 9.93. The molecule has 1 aliphatic rings. The smallest absolute Gasteiger partial charge is 0.0782 e. The summed E-state index contributed by atoms with van der Waals surface area (Å²) in [6.07, 6.45) is 6.40. The summed E-state index contributed by atoms with van der Waals surface area (Å²) < 4.78 is 1.80. The van der Waals surface area contributed by atoms with E-state index in [-0.39, 0.29) is 5.54 Å². The maximum absolute atomic E-state index is 6.39. The molecule has 1 aliphatic carbocycles. The van der Waals surface area contributed by atoms with E-state index in [2.05, 4.69) is 17.2 Å². The second-order valence-corrected chi connectivity index (χ2v) is 4.42. The molecule has 1 aromatic rings. The van der Waals surface area contributed by atoms with Crippen LogP contribution in [0.3, 0.4) is 0 Å². The molecule has 2 unspecified atom stereocenters. The van der Waals surface area contributed by atoms with Crippen LogP contribution in [0.2, 0.25) is 0 Å². The van der Waals surface area contributed by atoms with E-state index in [1.165, 1.54) is 12.8 Å². The minimum absolute atomic E-state index is 0.182. The van der Waals surface area contributed by atoms with Gasteiger partial charge in [-0.25, -0.2) is 0 Å². The molecule has 1 saturated carbocycles. The van der Waals surface area contributed by atoms with Crippen molar-refractivity contribution in [2.75, 3.05) is 0 Å². The van der Waals surface area contributed by atoms with Crippen LogP contribution in [0.25, 0.3) is 0 Å². The molecule has 0 bridgehead atoms. The van der Waals surface area contributed by atoms with E-state index in [0.29, 0.717) is 0 Å². The Kier molecular flexibility index (Phi) is 2.31. The SMILES string of the molecule is CCC1CCC(N)(c2cnnn2C)C1. The Bertz CT molecular complexity index is 320. The van der Waals surface area contributed by atoms with E-state index in [1.807, 2.05) is 7.05 Å². The van der Waals surface area contributed by atoms with Crippen molar-refractivity contribution < 1.29 is 0 Å². The molecular weight excluding hydrogens is 176 g/mol. The molecule has 2 atom stereocenters. The number of aryl methyl sites for hydroxylation is 1. The van der Waals surface area contributed by atoms with Crippen LogP contribution in [-0.2, 0) is 12.6 Å². The summed E-state index contributed by atoms with van der Waals surface area (Å²) in [6.45, 7) is 2.23. The van der Waals surface area contributed by atoms with Gasteiger partial charge in [0.15, 0.2) is 0 Å². The Labute approximate surface area is 84.5 Å². The molecule has 0 amide bonds. The van der Waals surface area contributed by atoms with Crippen molar-refractivity contribution in [3.05, 3.63) is 11.9 Å². The highest BCUT2D eigenvalue weighted by Gasteiger charge is 2.38. The quantitative estimate of drug-likeness (QED) is 0.769. The number of hydrogen-bond donors (Lipinski definition) is 1. The fourth-order valence-corrected chi connectivity index (χ4v) is 2.50. The number of aromatic nitrogens is 3. The first-order chi connectivity index (χ1) is 6.65. The van der Waals surface area contributed by atoms with Crippen molar-refractivity contribution in [2.24, 2.45) is 18.7 Å². The second kappa shape index (κ2) is 3.35. The number of nitrogens with zero attached hydrogens (tertiary/aromatic N) is 3. The molecule has 78 valence electrons. The van der Waals surface area contributed by atoms with Gasteiger partial charge in [0.25, 0.3) is 0 Å². The first kappa shape index (κ1) is 9.65. The molecule has 4 heteroatoms. The van der Waals surface area contributed by atoms with Gasteiger partial charge in [0.2, 0.25) is 0 Å². The summed E-state index contributed by atoms with van der Waals surface area (Å²) in [7, 11) is 1.91. The highest BCUT2D eigenvalue weighted by Crippen LogP contribution is 2.40. The first-order valence-corrected chi connectivity index (χ1v) is 5.30. The number of nitrogens with two attached hydrogens (primary N) is 1. The Balaban J connectivity index is 2.22. The van der Waals surface area contributed by atoms with Crippen LogP contribution in [0, 0.1) is 5.92 Å². The van der Waals surface area contributed by atoms with Crippen LogP contribution >= 0.6 is 0 Å². The Hall–Kier alpha value is -0.900. The molecule has 1 aromatic heterocycles. The highest BCUT2D eigenvalue weighted by atomic mass is 15.4. The maximum Gasteiger partial charge on any atom is 0.0782 e. The van der Waals surface area contributed by atoms with Gasteiger partial charge in [0.1, 0.15) is 0 Å². The third kappa shape index (κ3) is 1.43. The minimum atomic E-state index is -0.182. The van der Waals surface area contributed by atoms with E-state index in [0.717, 1.165) is 24.5 Å². The summed E-state index contributed by atoms with van der Waals surface area (Å²) in [5, 5.41) is 7.84. The van der Waals surface area contributed by atoms with Gasteiger partial charge in [-0.05, 0) is 25.2 Å². The van der Waals surface area contributed by atoms with Crippen LogP contribution in [-0.4, -0.2) is 15.0 Å². The molecule has 1 heterocycles. The molecule has 2 rings (SSSR count). The Morgan fingerprint density at radius 1 is 1.71 bits per heavy atom. The molecule has 0 saturated heterocycles. The minimum Gasteiger partial charge on any atom is -0.320 e. The van der Waals surface area contributed by atoms with Gasteiger partial charge in [-0.15, -0.1) is 5.10 Å². The zero-order chi connectivity index (χ0) is 10.2. The average molecular weight is 194 g/mol. The first-order valence-electron chi connectivity index (χ1n) is 5.30. The fraction of sp³-hybridized carbons (Fsp3) is 0.800. The van der Waals surface area contributed by atoms with Crippen LogP contribution in [0.4, 0.5) is 0 Å². The molecule has 1 fully saturated rings. The van der Waals surface area contributed by atoms with Gasteiger partial charge in [-0.3, -0.25) is 4.68 Å². The molecule has 0 radical (unpaired) electrons. The van der Waals surface area contributed by atoms with Crippen LogP contribution in [0.1, 0.15) is 38.3 Å². The van der Waals surface area contributed by atoms with Crippen LogP contribution < -0.4 is 5.73 Å². The van der Waals surface area contributed by atoms with Gasteiger partial charge in [-0.1, -0.05) is 18.6 Å². The van der Waals surface area contributed by atoms with E-state index in [9.17, 15) is 0 Å². The van der Waals surface area contributed by atoms with Crippen LogP contribution in [0.15, 0.2) is 6.20 Å². The molecule has 14 heavy (non-hydrogen) atoms. The predicted octanol–water partition coefficient (Wildman–Crippen LogP) is 1.18. The normalized spacial score (nSPS) is 32.4.